The number of allylic oxidation sites excluding steroid dienone is 4. The highest BCUT2D eigenvalue weighted by molar-refractivity contribution is 5.42. The van der Waals surface area contributed by atoms with Crippen LogP contribution in [0.4, 0.5) is 0 Å². The minimum Gasteiger partial charge on any atom is -0.0761 e. The van der Waals surface area contributed by atoms with Gasteiger partial charge in [0.1, 0.15) is 0 Å². The average Bonchev–Trinajstić information content (AvgIpc) is 2.33. The van der Waals surface area contributed by atoms with Crippen molar-refractivity contribution in [1.29, 1.82) is 0 Å². The molecule has 0 aliphatic heterocycles. The Balaban J connectivity index is 2.76. The Bertz CT molecular complexity index is 170. The van der Waals surface area contributed by atoms with Gasteiger partial charge in [0, 0.05) is 6.42 Å². The monoisotopic (exact) mass is 135 g/mol. The van der Waals surface area contributed by atoms with Gasteiger partial charge in [0.2, 0.25) is 0 Å². The molecule has 0 nitrogen and oxygen atoms in total. The van der Waals surface area contributed by atoms with Crippen LogP contribution in [0.5, 0.6) is 0 Å². The number of hydrogen-bond donors (Lipinski definition) is 0. The van der Waals surface area contributed by atoms with Gasteiger partial charge in [-0.05, 0) is 17.9 Å². The molecule has 10 heavy (non-hydrogen) atoms. The van der Waals surface area contributed by atoms with E-state index < -0.39 is 0 Å². The van der Waals surface area contributed by atoms with E-state index in [1.165, 1.54) is 17.6 Å². The highest BCUT2D eigenvalue weighted by atomic mass is 14.1. The van der Waals surface area contributed by atoms with Gasteiger partial charge >= 0.3 is 0 Å². The first-order valence-electron chi connectivity index (χ1n) is 4.00. The van der Waals surface area contributed by atoms with Gasteiger partial charge < -0.3 is 0 Å². The zero-order valence-corrected chi connectivity index (χ0v) is 7.02. The van der Waals surface area contributed by atoms with Crippen molar-refractivity contribution >= 4 is 0 Å². The van der Waals surface area contributed by atoms with Crippen molar-refractivity contribution in [3.05, 3.63) is 29.7 Å². The third-order valence-corrected chi connectivity index (χ3v) is 1.95. The lowest BCUT2D eigenvalue weighted by Crippen LogP contribution is -1.92. The van der Waals surface area contributed by atoms with Gasteiger partial charge in [-0.1, -0.05) is 38.5 Å². The lowest BCUT2D eigenvalue weighted by Gasteiger charge is -2.07. The van der Waals surface area contributed by atoms with Crippen LogP contribution in [0.2, 0.25) is 0 Å². The molecular formula is C10H15. The highest BCUT2D eigenvalue weighted by Gasteiger charge is 2.09. The van der Waals surface area contributed by atoms with Gasteiger partial charge in [0.25, 0.3) is 0 Å². The molecule has 0 amide bonds. The van der Waals surface area contributed by atoms with E-state index in [2.05, 4.69) is 39.3 Å². The summed E-state index contributed by atoms with van der Waals surface area (Å²) in [5.74, 6) is 0.685. The standard InChI is InChI=1S/C10H15/c1-4-9-6-5-7-10(9)8(2)3/h5-8H,4H2,1-3H3. The van der Waals surface area contributed by atoms with E-state index in [-0.39, 0.29) is 0 Å². The van der Waals surface area contributed by atoms with Crippen molar-refractivity contribution in [1.82, 2.24) is 0 Å². The normalized spacial score (nSPS) is 17.6. The first-order chi connectivity index (χ1) is 4.75. The molecule has 0 spiro atoms. The second-order valence-corrected chi connectivity index (χ2v) is 3.01. The second kappa shape index (κ2) is 3.05. The molecule has 0 N–H and O–H groups in total. The maximum absolute atomic E-state index is 2.24. The summed E-state index contributed by atoms with van der Waals surface area (Å²) in [6.45, 7) is 6.70. The van der Waals surface area contributed by atoms with Gasteiger partial charge in [-0.15, -0.1) is 0 Å². The summed E-state index contributed by atoms with van der Waals surface area (Å²) in [6, 6.07) is 0. The van der Waals surface area contributed by atoms with Crippen molar-refractivity contribution in [3.63, 3.8) is 0 Å². The minimum absolute atomic E-state index is 0.685. The molecular weight excluding hydrogens is 120 g/mol. The smallest absolute Gasteiger partial charge is 0.00864 e. The van der Waals surface area contributed by atoms with Crippen LogP contribution in [0.1, 0.15) is 27.2 Å². The van der Waals surface area contributed by atoms with Crippen molar-refractivity contribution in [2.75, 3.05) is 0 Å². The Labute approximate surface area is 63.6 Å². The quantitative estimate of drug-likeness (QED) is 0.545. The Morgan fingerprint density at radius 2 is 2.10 bits per heavy atom. The molecule has 0 saturated heterocycles. The van der Waals surface area contributed by atoms with Crippen LogP contribution < -0.4 is 0 Å². The molecule has 1 aliphatic carbocycles. The molecule has 0 aromatic carbocycles. The predicted octanol–water partition coefficient (Wildman–Crippen LogP) is 3.12. The van der Waals surface area contributed by atoms with E-state index in [4.69, 9.17) is 0 Å². The fraction of sp³-hybridized carbons (Fsp3) is 0.500. The van der Waals surface area contributed by atoms with Crippen LogP contribution in [-0.4, -0.2) is 0 Å². The Kier molecular flexibility index (Phi) is 2.31. The van der Waals surface area contributed by atoms with E-state index in [1.807, 2.05) is 0 Å². The SMILES string of the molecule is CCC1=C(C(C)C)C=C[CH]1. The van der Waals surface area contributed by atoms with E-state index in [1.54, 1.807) is 0 Å². The number of hydrogen-bond acceptors (Lipinski definition) is 0. The molecule has 0 unspecified atom stereocenters. The molecule has 55 valence electrons. The third kappa shape index (κ3) is 1.31. The van der Waals surface area contributed by atoms with Gasteiger partial charge in [0.15, 0.2) is 0 Å². The lowest BCUT2D eigenvalue weighted by molar-refractivity contribution is 0.780. The highest BCUT2D eigenvalue weighted by Crippen LogP contribution is 2.26. The van der Waals surface area contributed by atoms with Crippen LogP contribution >= 0.6 is 0 Å². The molecule has 1 radical (unpaired) electrons. The van der Waals surface area contributed by atoms with Crippen molar-refractivity contribution in [2.45, 2.75) is 27.2 Å². The van der Waals surface area contributed by atoms with E-state index in [0.717, 1.165) is 0 Å². The minimum atomic E-state index is 0.685. The molecule has 1 rings (SSSR count). The molecule has 0 heteroatoms. The van der Waals surface area contributed by atoms with Crippen molar-refractivity contribution in [2.24, 2.45) is 5.92 Å². The van der Waals surface area contributed by atoms with E-state index in [0.29, 0.717) is 5.92 Å². The average molecular weight is 135 g/mol. The maximum atomic E-state index is 2.24. The summed E-state index contributed by atoms with van der Waals surface area (Å²) >= 11 is 0. The fourth-order valence-electron chi connectivity index (χ4n) is 1.36. The van der Waals surface area contributed by atoms with Gasteiger partial charge in [-0.25, -0.2) is 0 Å². The van der Waals surface area contributed by atoms with E-state index in [9.17, 15) is 0 Å². The summed E-state index contributed by atoms with van der Waals surface area (Å²) in [4.78, 5) is 0. The van der Waals surface area contributed by atoms with Gasteiger partial charge in [-0.2, -0.15) is 0 Å². The largest absolute Gasteiger partial charge is 0.0761 e. The summed E-state index contributed by atoms with van der Waals surface area (Å²) in [6.07, 6.45) is 7.76. The second-order valence-electron chi connectivity index (χ2n) is 3.01. The molecule has 0 atom stereocenters. The Morgan fingerprint density at radius 1 is 1.40 bits per heavy atom. The summed E-state index contributed by atoms with van der Waals surface area (Å²) in [5, 5.41) is 0. The maximum Gasteiger partial charge on any atom is 0.00864 e. The Morgan fingerprint density at radius 3 is 2.50 bits per heavy atom. The van der Waals surface area contributed by atoms with E-state index >= 15 is 0 Å². The molecule has 1 aliphatic rings. The van der Waals surface area contributed by atoms with Crippen molar-refractivity contribution < 1.29 is 0 Å². The lowest BCUT2D eigenvalue weighted by atomic mass is 9.99. The van der Waals surface area contributed by atoms with Crippen molar-refractivity contribution in [3.8, 4) is 0 Å². The van der Waals surface area contributed by atoms with Crippen LogP contribution in [0.15, 0.2) is 23.3 Å². The Hall–Kier alpha value is -0.520. The molecule has 0 aromatic rings. The first-order valence-corrected chi connectivity index (χ1v) is 4.00. The zero-order valence-electron chi connectivity index (χ0n) is 7.02. The summed E-state index contributed by atoms with van der Waals surface area (Å²) in [5.41, 5.74) is 3.03. The molecule has 0 bridgehead atoms. The van der Waals surface area contributed by atoms with Crippen LogP contribution in [-0.2, 0) is 0 Å². The van der Waals surface area contributed by atoms with Gasteiger partial charge in [-0.3, -0.25) is 0 Å². The molecule has 0 saturated carbocycles. The van der Waals surface area contributed by atoms with Crippen LogP contribution in [0.25, 0.3) is 0 Å². The fourth-order valence-corrected chi connectivity index (χ4v) is 1.36. The van der Waals surface area contributed by atoms with Gasteiger partial charge in [0.05, 0.1) is 0 Å². The zero-order chi connectivity index (χ0) is 7.56. The molecule has 0 heterocycles. The van der Waals surface area contributed by atoms with Crippen LogP contribution in [0.3, 0.4) is 0 Å². The third-order valence-electron chi connectivity index (χ3n) is 1.95. The topological polar surface area (TPSA) is 0 Å². The first kappa shape index (κ1) is 7.59. The molecule has 0 aromatic heterocycles. The molecule has 0 fully saturated rings. The summed E-state index contributed by atoms with van der Waals surface area (Å²) in [7, 11) is 0. The number of rotatable bonds is 2. The summed E-state index contributed by atoms with van der Waals surface area (Å²) < 4.78 is 0. The van der Waals surface area contributed by atoms with Crippen LogP contribution in [0, 0.1) is 12.3 Å². The predicted molar refractivity (Wildman–Crippen MR) is 45.6 cm³/mol.